The molecule has 1 aromatic carbocycles. The largest absolute Gasteiger partial charge is 0.358 e. The van der Waals surface area contributed by atoms with Gasteiger partial charge in [-0.3, -0.25) is 4.79 Å². The van der Waals surface area contributed by atoms with Crippen molar-refractivity contribution < 1.29 is 4.79 Å². The Morgan fingerprint density at radius 2 is 2.14 bits per heavy atom. The van der Waals surface area contributed by atoms with E-state index in [9.17, 15) is 4.79 Å². The van der Waals surface area contributed by atoms with Gasteiger partial charge in [0.1, 0.15) is 0 Å². The van der Waals surface area contributed by atoms with Crippen molar-refractivity contribution >= 4 is 17.2 Å². The van der Waals surface area contributed by atoms with Crippen LogP contribution in [-0.4, -0.2) is 11.3 Å². The van der Waals surface area contributed by atoms with Crippen molar-refractivity contribution in [2.75, 3.05) is 0 Å². The molecule has 71 valence electrons. The van der Waals surface area contributed by atoms with Crippen LogP contribution in [0.2, 0.25) is 0 Å². The molecule has 0 amide bonds. The van der Waals surface area contributed by atoms with E-state index in [2.05, 4.69) is 24.0 Å². The first-order valence-electron chi connectivity index (χ1n) is 4.74. The molecule has 2 aromatic rings. The molecule has 0 atom stereocenters. The minimum absolute atomic E-state index is 0.466. The highest BCUT2D eigenvalue weighted by molar-refractivity contribution is 5.84. The molecule has 1 N–H and O–H groups in total. The highest BCUT2D eigenvalue weighted by Gasteiger charge is 2.05. The van der Waals surface area contributed by atoms with Crippen LogP contribution >= 0.6 is 0 Å². The van der Waals surface area contributed by atoms with E-state index in [4.69, 9.17) is 0 Å². The second kappa shape index (κ2) is 3.66. The van der Waals surface area contributed by atoms with Gasteiger partial charge in [0.15, 0.2) is 6.29 Å². The summed E-state index contributed by atoms with van der Waals surface area (Å²) in [5.74, 6) is 0. The van der Waals surface area contributed by atoms with Gasteiger partial charge in [0.05, 0.1) is 0 Å². The number of carbonyl (C=O) groups excluding carboxylic acids is 1. The van der Waals surface area contributed by atoms with Gasteiger partial charge in [0.25, 0.3) is 0 Å². The first kappa shape index (κ1) is 9.00. The normalized spacial score (nSPS) is 10.6. The minimum Gasteiger partial charge on any atom is -0.358 e. The first-order chi connectivity index (χ1) is 6.83. The van der Waals surface area contributed by atoms with Crippen LogP contribution in [-0.2, 0) is 11.2 Å². The van der Waals surface area contributed by atoms with Crippen LogP contribution in [0, 0.1) is 6.92 Å². The van der Waals surface area contributed by atoms with Crippen molar-refractivity contribution in [2.45, 2.75) is 19.8 Å². The van der Waals surface area contributed by atoms with Crippen molar-refractivity contribution in [1.82, 2.24) is 4.98 Å². The molecule has 1 radical (unpaired) electrons. The molecule has 2 heteroatoms. The zero-order valence-corrected chi connectivity index (χ0v) is 8.13. The van der Waals surface area contributed by atoms with Crippen LogP contribution in [0.3, 0.4) is 0 Å². The molecule has 0 spiro atoms. The molecule has 0 fully saturated rings. The zero-order chi connectivity index (χ0) is 9.97. The number of fused-ring (bicyclic) bond motifs is 1. The number of H-pyrrole nitrogens is 1. The van der Waals surface area contributed by atoms with E-state index >= 15 is 0 Å². The van der Waals surface area contributed by atoms with Gasteiger partial charge in [-0.2, -0.15) is 0 Å². The summed E-state index contributed by atoms with van der Waals surface area (Å²) in [6, 6.07) is 8.18. The number of aromatic amines is 1. The fourth-order valence-corrected chi connectivity index (χ4v) is 1.76. The predicted molar refractivity (Wildman–Crippen MR) is 57.1 cm³/mol. The van der Waals surface area contributed by atoms with Crippen LogP contribution in [0.5, 0.6) is 0 Å². The summed E-state index contributed by atoms with van der Waals surface area (Å²) in [4.78, 5) is 13.5. The molecule has 0 aliphatic heterocycles. The Bertz CT molecular complexity index is 456. The minimum atomic E-state index is 0.466. The number of nitrogens with one attached hydrogen (secondary N) is 1. The summed E-state index contributed by atoms with van der Waals surface area (Å²) in [6.45, 7) is 2.08. The number of hydrogen-bond acceptors (Lipinski definition) is 1. The lowest BCUT2D eigenvalue weighted by molar-refractivity contribution is 0.551. The summed E-state index contributed by atoms with van der Waals surface area (Å²) in [7, 11) is 0. The topological polar surface area (TPSA) is 32.9 Å². The molecule has 1 heterocycles. The molecule has 1 aromatic heterocycles. The Kier molecular flexibility index (Phi) is 2.35. The molecule has 0 aliphatic rings. The number of rotatable bonds is 3. The molecule has 0 bridgehead atoms. The highest BCUT2D eigenvalue weighted by atomic mass is 16.1. The molecule has 0 aliphatic carbocycles. The average molecular weight is 186 g/mol. The van der Waals surface area contributed by atoms with E-state index < -0.39 is 0 Å². The Morgan fingerprint density at radius 1 is 1.36 bits per heavy atom. The van der Waals surface area contributed by atoms with Gasteiger partial charge in [-0.05, 0) is 25.0 Å². The Morgan fingerprint density at radius 3 is 2.86 bits per heavy atom. The van der Waals surface area contributed by atoms with Gasteiger partial charge >= 0.3 is 0 Å². The van der Waals surface area contributed by atoms with Crippen LogP contribution in [0.4, 0.5) is 0 Å². The number of hydrogen-bond donors (Lipinski definition) is 1. The molecule has 0 saturated heterocycles. The first-order valence-corrected chi connectivity index (χ1v) is 4.74. The van der Waals surface area contributed by atoms with E-state index in [1.54, 1.807) is 0 Å². The van der Waals surface area contributed by atoms with Crippen molar-refractivity contribution in [3.8, 4) is 0 Å². The summed E-state index contributed by atoms with van der Waals surface area (Å²) in [6.07, 6.45) is 3.14. The standard InChI is InChI=1S/C12H12NO/c1-9-10-5-2-3-6-12(10)13-11(9)7-4-8-14/h2-3,5-6,13H,4,7H2,1H3. The van der Waals surface area contributed by atoms with E-state index in [1.165, 1.54) is 10.9 Å². The van der Waals surface area contributed by atoms with E-state index in [-0.39, 0.29) is 0 Å². The van der Waals surface area contributed by atoms with E-state index in [0.29, 0.717) is 6.42 Å². The van der Waals surface area contributed by atoms with Gasteiger partial charge in [0.2, 0.25) is 0 Å². The summed E-state index contributed by atoms with van der Waals surface area (Å²) in [5, 5.41) is 1.24. The maximum absolute atomic E-state index is 10.2. The molecule has 0 unspecified atom stereocenters. The van der Waals surface area contributed by atoms with Gasteiger partial charge in [-0.1, -0.05) is 18.2 Å². The van der Waals surface area contributed by atoms with Crippen LogP contribution in [0.1, 0.15) is 17.7 Å². The monoisotopic (exact) mass is 186 g/mol. The van der Waals surface area contributed by atoms with E-state index in [0.717, 1.165) is 17.6 Å². The zero-order valence-electron chi connectivity index (χ0n) is 8.13. The third-order valence-corrected chi connectivity index (χ3v) is 2.55. The molecule has 14 heavy (non-hydrogen) atoms. The molecule has 0 saturated carbocycles. The van der Waals surface area contributed by atoms with Crippen LogP contribution in [0.25, 0.3) is 10.9 Å². The van der Waals surface area contributed by atoms with Crippen LogP contribution in [0.15, 0.2) is 24.3 Å². The van der Waals surface area contributed by atoms with Gasteiger partial charge in [0, 0.05) is 23.0 Å². The lowest BCUT2D eigenvalue weighted by Crippen LogP contribution is -1.88. The third kappa shape index (κ3) is 1.43. The second-order valence-electron chi connectivity index (χ2n) is 3.42. The lowest BCUT2D eigenvalue weighted by atomic mass is 10.1. The van der Waals surface area contributed by atoms with Crippen molar-refractivity contribution in [1.29, 1.82) is 0 Å². The maximum Gasteiger partial charge on any atom is 0.198 e. The molecular formula is C12H12NO. The molecular weight excluding hydrogens is 174 g/mol. The molecule has 2 rings (SSSR count). The van der Waals surface area contributed by atoms with Crippen molar-refractivity contribution in [2.24, 2.45) is 0 Å². The summed E-state index contributed by atoms with van der Waals surface area (Å²) >= 11 is 0. The summed E-state index contributed by atoms with van der Waals surface area (Å²) < 4.78 is 0. The SMILES string of the molecule is Cc1c(CC[C]=O)[nH]c2ccccc12. The van der Waals surface area contributed by atoms with Crippen molar-refractivity contribution in [3.05, 3.63) is 35.5 Å². The fourth-order valence-electron chi connectivity index (χ4n) is 1.76. The fraction of sp³-hybridized carbons (Fsp3) is 0.250. The lowest BCUT2D eigenvalue weighted by Gasteiger charge is -1.94. The quantitative estimate of drug-likeness (QED) is 0.785. The summed E-state index contributed by atoms with van der Waals surface area (Å²) in [5.41, 5.74) is 3.54. The van der Waals surface area contributed by atoms with E-state index in [1.807, 2.05) is 18.4 Å². The number of aromatic nitrogens is 1. The van der Waals surface area contributed by atoms with Crippen molar-refractivity contribution in [3.63, 3.8) is 0 Å². The Hall–Kier alpha value is -1.57. The Balaban J connectivity index is 2.46. The number of para-hydroxylation sites is 1. The third-order valence-electron chi connectivity index (χ3n) is 2.55. The molecule has 2 nitrogen and oxygen atoms in total. The average Bonchev–Trinajstić information content (AvgIpc) is 2.54. The van der Waals surface area contributed by atoms with Gasteiger partial charge in [-0.15, -0.1) is 0 Å². The predicted octanol–water partition coefficient (Wildman–Crippen LogP) is 2.52. The maximum atomic E-state index is 10.2. The Labute approximate surface area is 82.9 Å². The van der Waals surface area contributed by atoms with Gasteiger partial charge < -0.3 is 4.98 Å². The van der Waals surface area contributed by atoms with Crippen LogP contribution < -0.4 is 0 Å². The highest BCUT2D eigenvalue weighted by Crippen LogP contribution is 2.21. The number of benzene rings is 1. The number of aryl methyl sites for hydroxylation is 2. The second-order valence-corrected chi connectivity index (χ2v) is 3.42. The van der Waals surface area contributed by atoms with Gasteiger partial charge in [-0.25, -0.2) is 0 Å². The smallest absolute Gasteiger partial charge is 0.198 e.